The minimum atomic E-state index is -3.59. The van der Waals surface area contributed by atoms with E-state index in [0.717, 1.165) is 4.88 Å². The molecule has 2 heterocycles. The van der Waals surface area contributed by atoms with Crippen molar-refractivity contribution < 1.29 is 18.0 Å². The molecule has 2 atom stereocenters. The quantitative estimate of drug-likeness (QED) is 0.397. The maximum Gasteiger partial charge on any atom is 0.254 e. The molecule has 0 bridgehead atoms. The number of sulfonamides is 1. The van der Waals surface area contributed by atoms with Crippen LogP contribution in [0.1, 0.15) is 60.5 Å². The third kappa shape index (κ3) is 5.35. The number of hydrogen-bond donors (Lipinski definition) is 1. The van der Waals surface area contributed by atoms with E-state index in [1.807, 2.05) is 40.6 Å². The Bertz CT molecular complexity index is 1350. The first-order valence-electron chi connectivity index (χ1n) is 12.5. The molecule has 196 valence electrons. The molecule has 7 nitrogen and oxygen atoms in total. The monoisotopic (exact) mass is 539 g/mol. The SMILES string of the molecule is CCN(CC)S(=O)(=O)c1ccc(NC(=O)[C@H]2c3ccccc3C(=O)N(CC(C)C)[C@H]2c2cccs2)cc1. The van der Waals surface area contributed by atoms with E-state index in [1.54, 1.807) is 32.0 Å². The number of benzene rings is 2. The lowest BCUT2D eigenvalue weighted by Crippen LogP contribution is -2.47. The van der Waals surface area contributed by atoms with Gasteiger partial charge in [-0.3, -0.25) is 9.59 Å². The fraction of sp³-hybridized carbons (Fsp3) is 0.357. The van der Waals surface area contributed by atoms with E-state index < -0.39 is 22.0 Å². The molecule has 0 radical (unpaired) electrons. The Morgan fingerprint density at radius 1 is 1.03 bits per heavy atom. The van der Waals surface area contributed by atoms with E-state index in [1.165, 1.54) is 27.8 Å². The molecule has 9 heteroatoms. The van der Waals surface area contributed by atoms with Crippen molar-refractivity contribution >= 4 is 38.9 Å². The van der Waals surface area contributed by atoms with Gasteiger partial charge in [0, 0.05) is 35.8 Å². The van der Waals surface area contributed by atoms with Crippen molar-refractivity contribution in [1.82, 2.24) is 9.21 Å². The second-order valence-corrected chi connectivity index (χ2v) is 12.4. The van der Waals surface area contributed by atoms with Crippen LogP contribution in [0.4, 0.5) is 5.69 Å². The normalized spacial score (nSPS) is 17.8. The molecule has 2 amide bonds. The Labute approximate surface area is 223 Å². The van der Waals surface area contributed by atoms with Gasteiger partial charge < -0.3 is 10.2 Å². The topological polar surface area (TPSA) is 86.8 Å². The fourth-order valence-corrected chi connectivity index (χ4v) is 7.22. The van der Waals surface area contributed by atoms with Gasteiger partial charge in [-0.05, 0) is 53.3 Å². The van der Waals surface area contributed by atoms with Gasteiger partial charge in [0.2, 0.25) is 15.9 Å². The molecule has 1 aromatic heterocycles. The largest absolute Gasteiger partial charge is 0.329 e. The molecular weight excluding hydrogens is 506 g/mol. The third-order valence-electron chi connectivity index (χ3n) is 6.58. The number of carbonyl (C=O) groups excluding carboxylic acids is 2. The van der Waals surface area contributed by atoms with E-state index in [2.05, 4.69) is 19.2 Å². The Morgan fingerprint density at radius 3 is 2.30 bits per heavy atom. The maximum atomic E-state index is 13.9. The van der Waals surface area contributed by atoms with Crippen LogP contribution in [0.5, 0.6) is 0 Å². The highest BCUT2D eigenvalue weighted by atomic mass is 32.2. The van der Waals surface area contributed by atoms with Gasteiger partial charge in [-0.15, -0.1) is 11.3 Å². The molecule has 0 aliphatic carbocycles. The van der Waals surface area contributed by atoms with Gasteiger partial charge in [0.15, 0.2) is 0 Å². The van der Waals surface area contributed by atoms with Gasteiger partial charge in [0.1, 0.15) is 0 Å². The van der Waals surface area contributed by atoms with E-state index in [-0.39, 0.29) is 22.6 Å². The van der Waals surface area contributed by atoms with Crippen LogP contribution in [0.3, 0.4) is 0 Å². The lowest BCUT2D eigenvalue weighted by atomic mass is 9.81. The lowest BCUT2D eigenvalue weighted by Gasteiger charge is -2.42. The van der Waals surface area contributed by atoms with Crippen molar-refractivity contribution in [2.45, 2.75) is 44.6 Å². The summed E-state index contributed by atoms with van der Waals surface area (Å²) in [6.07, 6.45) is 0. The number of hydrogen-bond acceptors (Lipinski definition) is 5. The van der Waals surface area contributed by atoms with Gasteiger partial charge in [-0.2, -0.15) is 4.31 Å². The second-order valence-electron chi connectivity index (χ2n) is 9.48. The predicted octanol–water partition coefficient (Wildman–Crippen LogP) is 5.35. The summed E-state index contributed by atoms with van der Waals surface area (Å²) < 4.78 is 27.1. The van der Waals surface area contributed by atoms with Crippen molar-refractivity contribution in [3.05, 3.63) is 82.0 Å². The molecule has 0 unspecified atom stereocenters. The smallest absolute Gasteiger partial charge is 0.254 e. The number of rotatable bonds is 9. The van der Waals surface area contributed by atoms with E-state index in [4.69, 9.17) is 0 Å². The van der Waals surface area contributed by atoms with E-state index in [0.29, 0.717) is 36.4 Å². The highest BCUT2D eigenvalue weighted by molar-refractivity contribution is 7.89. The summed E-state index contributed by atoms with van der Waals surface area (Å²) in [4.78, 5) is 30.4. The van der Waals surface area contributed by atoms with Crippen molar-refractivity contribution in [3.63, 3.8) is 0 Å². The molecule has 1 aliphatic heterocycles. The Balaban J connectivity index is 1.70. The molecule has 0 saturated heterocycles. The van der Waals surface area contributed by atoms with E-state index >= 15 is 0 Å². The molecule has 0 saturated carbocycles. The van der Waals surface area contributed by atoms with Gasteiger partial charge in [0.25, 0.3) is 5.91 Å². The molecule has 3 aromatic rings. The van der Waals surface area contributed by atoms with Crippen molar-refractivity contribution in [2.75, 3.05) is 25.0 Å². The number of amides is 2. The van der Waals surface area contributed by atoms with Crippen LogP contribution in [-0.2, 0) is 14.8 Å². The van der Waals surface area contributed by atoms with Crippen LogP contribution in [-0.4, -0.2) is 49.1 Å². The zero-order chi connectivity index (χ0) is 26.7. The zero-order valence-electron chi connectivity index (χ0n) is 21.5. The Kier molecular flexibility index (Phi) is 8.16. The molecule has 4 rings (SSSR count). The van der Waals surface area contributed by atoms with Crippen molar-refractivity contribution in [1.29, 1.82) is 0 Å². The van der Waals surface area contributed by atoms with Crippen LogP contribution >= 0.6 is 11.3 Å². The number of fused-ring (bicyclic) bond motifs is 1. The lowest BCUT2D eigenvalue weighted by molar-refractivity contribution is -0.119. The van der Waals surface area contributed by atoms with Gasteiger partial charge >= 0.3 is 0 Å². The summed E-state index contributed by atoms with van der Waals surface area (Å²) in [5, 5.41) is 4.94. The first kappa shape index (κ1) is 27.0. The van der Waals surface area contributed by atoms with Gasteiger partial charge in [-0.1, -0.05) is 52.0 Å². The van der Waals surface area contributed by atoms with Crippen molar-refractivity contribution in [2.24, 2.45) is 5.92 Å². The Hall–Kier alpha value is -3.01. The number of thiophene rings is 1. The second kappa shape index (κ2) is 11.2. The predicted molar refractivity (Wildman–Crippen MR) is 147 cm³/mol. The number of nitrogens with zero attached hydrogens (tertiary/aromatic N) is 2. The molecule has 37 heavy (non-hydrogen) atoms. The minimum absolute atomic E-state index is 0.0716. The number of carbonyl (C=O) groups is 2. The van der Waals surface area contributed by atoms with Crippen LogP contribution in [0.2, 0.25) is 0 Å². The molecule has 0 fully saturated rings. The Morgan fingerprint density at radius 2 is 1.70 bits per heavy atom. The molecular formula is C28H33N3O4S2. The summed E-state index contributed by atoms with van der Waals surface area (Å²) in [6.45, 7) is 9.01. The zero-order valence-corrected chi connectivity index (χ0v) is 23.2. The summed E-state index contributed by atoms with van der Waals surface area (Å²) in [6, 6.07) is 17.0. The molecule has 0 spiro atoms. The van der Waals surface area contributed by atoms with Crippen LogP contribution < -0.4 is 5.32 Å². The van der Waals surface area contributed by atoms with Crippen LogP contribution in [0, 0.1) is 5.92 Å². The van der Waals surface area contributed by atoms with Crippen LogP contribution in [0.15, 0.2) is 70.9 Å². The van der Waals surface area contributed by atoms with Gasteiger partial charge in [-0.25, -0.2) is 8.42 Å². The summed E-state index contributed by atoms with van der Waals surface area (Å²) in [7, 11) is -3.59. The summed E-state index contributed by atoms with van der Waals surface area (Å²) >= 11 is 1.53. The van der Waals surface area contributed by atoms with E-state index in [9.17, 15) is 18.0 Å². The first-order valence-corrected chi connectivity index (χ1v) is 14.8. The van der Waals surface area contributed by atoms with Crippen molar-refractivity contribution in [3.8, 4) is 0 Å². The summed E-state index contributed by atoms with van der Waals surface area (Å²) in [5.74, 6) is -0.713. The summed E-state index contributed by atoms with van der Waals surface area (Å²) in [5.41, 5.74) is 1.74. The molecule has 1 aliphatic rings. The first-order chi connectivity index (χ1) is 17.7. The minimum Gasteiger partial charge on any atom is -0.329 e. The number of nitrogens with one attached hydrogen (secondary N) is 1. The fourth-order valence-electron chi connectivity index (χ4n) is 4.89. The maximum absolute atomic E-state index is 13.9. The average Bonchev–Trinajstić information content (AvgIpc) is 3.41. The molecule has 2 aromatic carbocycles. The third-order valence-corrected chi connectivity index (χ3v) is 9.59. The standard InChI is InChI=1S/C28H33N3O4S2/c1-5-30(6-2)37(34,35)21-15-13-20(14-16-21)29-27(32)25-22-10-7-8-11-23(22)28(33)31(18-19(3)4)26(25)24-12-9-17-36-24/h7-17,19,25-26H,5-6,18H2,1-4H3,(H,29,32)/t25-,26-/m0/s1. The average molecular weight is 540 g/mol. The highest BCUT2D eigenvalue weighted by Crippen LogP contribution is 2.45. The highest BCUT2D eigenvalue weighted by Gasteiger charge is 2.44. The number of anilines is 1. The van der Waals surface area contributed by atoms with Gasteiger partial charge in [0.05, 0.1) is 16.9 Å². The molecule has 1 N–H and O–H groups in total. The van der Waals surface area contributed by atoms with Crippen LogP contribution in [0.25, 0.3) is 0 Å².